The molecule has 3 heteroatoms. The number of aryl methyl sites for hydroxylation is 1. The van der Waals surface area contributed by atoms with Crippen LogP contribution in [0.3, 0.4) is 0 Å². The fourth-order valence-corrected chi connectivity index (χ4v) is 1.68. The highest BCUT2D eigenvalue weighted by molar-refractivity contribution is 5.57. The maximum atomic E-state index is 11.6. The number of hydrogen-bond acceptors (Lipinski definition) is 2. The van der Waals surface area contributed by atoms with Gasteiger partial charge in [-0.1, -0.05) is 43.7 Å². The Bertz CT molecular complexity index is 531. The van der Waals surface area contributed by atoms with E-state index in [0.29, 0.717) is 6.54 Å². The first-order chi connectivity index (χ1) is 8.31. The monoisotopic (exact) mass is 228 g/mol. The summed E-state index contributed by atoms with van der Waals surface area (Å²) in [5.41, 5.74) is 1.86. The van der Waals surface area contributed by atoms with Gasteiger partial charge in [0.25, 0.3) is 5.56 Å². The van der Waals surface area contributed by atoms with Crippen molar-refractivity contribution in [2.45, 2.75) is 26.3 Å². The van der Waals surface area contributed by atoms with Crippen molar-refractivity contribution in [2.75, 3.05) is 0 Å². The minimum Gasteiger partial charge on any atom is -0.268 e. The molecule has 0 spiro atoms. The molecule has 1 heterocycles. The molecule has 0 atom stereocenters. The molecule has 0 N–H and O–H groups in total. The highest BCUT2D eigenvalue weighted by atomic mass is 16.1. The van der Waals surface area contributed by atoms with Crippen LogP contribution in [0.25, 0.3) is 11.3 Å². The quantitative estimate of drug-likeness (QED) is 0.806. The van der Waals surface area contributed by atoms with Crippen LogP contribution in [0.1, 0.15) is 19.8 Å². The normalized spacial score (nSPS) is 10.4. The Morgan fingerprint density at radius 1 is 1.12 bits per heavy atom. The average Bonchev–Trinajstić information content (AvgIpc) is 2.39. The molecule has 88 valence electrons. The van der Waals surface area contributed by atoms with Gasteiger partial charge in [-0.15, -0.1) is 0 Å². The van der Waals surface area contributed by atoms with Crippen molar-refractivity contribution in [3.05, 3.63) is 52.8 Å². The molecule has 0 amide bonds. The first kappa shape index (κ1) is 11.6. The van der Waals surface area contributed by atoms with Crippen LogP contribution in [-0.2, 0) is 6.54 Å². The van der Waals surface area contributed by atoms with Crippen LogP contribution in [0.5, 0.6) is 0 Å². The lowest BCUT2D eigenvalue weighted by molar-refractivity contribution is 0.545. The maximum absolute atomic E-state index is 11.6. The molecule has 0 fully saturated rings. The lowest BCUT2D eigenvalue weighted by atomic mass is 10.1. The Hall–Kier alpha value is -1.90. The van der Waals surface area contributed by atoms with Gasteiger partial charge in [0.2, 0.25) is 0 Å². The summed E-state index contributed by atoms with van der Waals surface area (Å²) in [5.74, 6) is 0. The summed E-state index contributed by atoms with van der Waals surface area (Å²) in [6.45, 7) is 2.79. The first-order valence-electron chi connectivity index (χ1n) is 5.95. The zero-order valence-electron chi connectivity index (χ0n) is 9.97. The molecule has 17 heavy (non-hydrogen) atoms. The fourth-order valence-electron chi connectivity index (χ4n) is 1.68. The molecule has 0 bridgehead atoms. The summed E-state index contributed by atoms with van der Waals surface area (Å²) >= 11 is 0. The average molecular weight is 228 g/mol. The van der Waals surface area contributed by atoms with Crippen LogP contribution in [0, 0.1) is 0 Å². The van der Waals surface area contributed by atoms with E-state index >= 15 is 0 Å². The summed E-state index contributed by atoms with van der Waals surface area (Å²) < 4.78 is 1.55. The van der Waals surface area contributed by atoms with Gasteiger partial charge in [-0.25, -0.2) is 4.68 Å². The first-order valence-corrected chi connectivity index (χ1v) is 5.95. The van der Waals surface area contributed by atoms with E-state index in [4.69, 9.17) is 0 Å². The maximum Gasteiger partial charge on any atom is 0.266 e. The molecule has 0 saturated carbocycles. The Kier molecular flexibility index (Phi) is 3.70. The molecular formula is C14H16N2O. The number of benzene rings is 1. The zero-order valence-corrected chi connectivity index (χ0v) is 9.97. The predicted molar refractivity (Wildman–Crippen MR) is 68.8 cm³/mol. The van der Waals surface area contributed by atoms with Crippen molar-refractivity contribution < 1.29 is 0 Å². The molecule has 0 aliphatic carbocycles. The molecule has 0 aliphatic rings. The summed E-state index contributed by atoms with van der Waals surface area (Å²) in [6.07, 6.45) is 2.04. The second-order valence-corrected chi connectivity index (χ2v) is 4.00. The third-order valence-corrected chi connectivity index (χ3v) is 2.66. The highest BCUT2D eigenvalue weighted by Gasteiger charge is 2.02. The van der Waals surface area contributed by atoms with Gasteiger partial charge in [-0.3, -0.25) is 4.79 Å². The molecule has 0 saturated heterocycles. The van der Waals surface area contributed by atoms with E-state index in [0.717, 1.165) is 24.1 Å². The van der Waals surface area contributed by atoms with E-state index in [1.807, 2.05) is 30.3 Å². The van der Waals surface area contributed by atoms with Gasteiger partial charge in [0.05, 0.1) is 5.69 Å². The second kappa shape index (κ2) is 5.43. The Balaban J connectivity index is 2.34. The van der Waals surface area contributed by atoms with Gasteiger partial charge in [-0.2, -0.15) is 5.10 Å². The van der Waals surface area contributed by atoms with Crippen molar-refractivity contribution in [3.8, 4) is 11.3 Å². The van der Waals surface area contributed by atoms with Crippen molar-refractivity contribution in [2.24, 2.45) is 0 Å². The van der Waals surface area contributed by atoms with Gasteiger partial charge in [0.15, 0.2) is 0 Å². The molecule has 1 aromatic heterocycles. The molecule has 2 aromatic rings. The highest BCUT2D eigenvalue weighted by Crippen LogP contribution is 2.13. The molecular weight excluding hydrogens is 212 g/mol. The largest absolute Gasteiger partial charge is 0.268 e. The lowest BCUT2D eigenvalue weighted by Gasteiger charge is -2.06. The van der Waals surface area contributed by atoms with Gasteiger partial charge in [0, 0.05) is 18.2 Å². The fraction of sp³-hybridized carbons (Fsp3) is 0.286. The molecule has 0 radical (unpaired) electrons. The summed E-state index contributed by atoms with van der Waals surface area (Å²) in [4.78, 5) is 11.6. The van der Waals surface area contributed by atoms with E-state index in [1.54, 1.807) is 16.8 Å². The van der Waals surface area contributed by atoms with E-state index < -0.39 is 0 Å². The van der Waals surface area contributed by atoms with E-state index in [2.05, 4.69) is 12.0 Å². The summed E-state index contributed by atoms with van der Waals surface area (Å²) in [5, 5.41) is 4.38. The molecule has 3 nitrogen and oxygen atoms in total. The number of aromatic nitrogens is 2. The Morgan fingerprint density at radius 3 is 2.59 bits per heavy atom. The van der Waals surface area contributed by atoms with Crippen molar-refractivity contribution in [1.29, 1.82) is 0 Å². The molecule has 0 aliphatic heterocycles. The lowest BCUT2D eigenvalue weighted by Crippen LogP contribution is -2.22. The Morgan fingerprint density at radius 2 is 1.88 bits per heavy atom. The van der Waals surface area contributed by atoms with Gasteiger partial charge >= 0.3 is 0 Å². The minimum absolute atomic E-state index is 0.0295. The summed E-state index contributed by atoms with van der Waals surface area (Å²) in [6, 6.07) is 13.3. The molecule has 1 aromatic carbocycles. The third-order valence-electron chi connectivity index (χ3n) is 2.66. The van der Waals surface area contributed by atoms with Gasteiger partial charge in [0.1, 0.15) is 0 Å². The predicted octanol–water partition coefficient (Wildman–Crippen LogP) is 2.71. The molecule has 2 rings (SSSR count). The topological polar surface area (TPSA) is 34.9 Å². The number of rotatable bonds is 4. The van der Waals surface area contributed by atoms with Gasteiger partial charge in [-0.05, 0) is 12.5 Å². The van der Waals surface area contributed by atoms with E-state index in [1.165, 1.54) is 0 Å². The van der Waals surface area contributed by atoms with Crippen LogP contribution in [0.4, 0.5) is 0 Å². The molecule has 0 unspecified atom stereocenters. The number of nitrogens with zero attached hydrogens (tertiary/aromatic N) is 2. The van der Waals surface area contributed by atoms with E-state index in [-0.39, 0.29) is 5.56 Å². The number of unbranched alkanes of at least 4 members (excludes halogenated alkanes) is 1. The minimum atomic E-state index is -0.0295. The van der Waals surface area contributed by atoms with Crippen LogP contribution >= 0.6 is 0 Å². The van der Waals surface area contributed by atoms with Crippen molar-refractivity contribution >= 4 is 0 Å². The third kappa shape index (κ3) is 2.81. The van der Waals surface area contributed by atoms with Crippen molar-refractivity contribution in [3.63, 3.8) is 0 Å². The van der Waals surface area contributed by atoms with Crippen LogP contribution in [0.2, 0.25) is 0 Å². The van der Waals surface area contributed by atoms with Crippen molar-refractivity contribution in [1.82, 2.24) is 9.78 Å². The SMILES string of the molecule is CCCCn1nc(-c2ccccc2)ccc1=O. The van der Waals surface area contributed by atoms with Crippen LogP contribution in [0.15, 0.2) is 47.3 Å². The Labute approximate surface area is 101 Å². The standard InChI is InChI=1S/C14H16N2O/c1-2-3-11-16-14(17)10-9-13(15-16)12-7-5-4-6-8-12/h4-10H,2-3,11H2,1H3. The summed E-state index contributed by atoms with van der Waals surface area (Å²) in [7, 11) is 0. The smallest absolute Gasteiger partial charge is 0.266 e. The van der Waals surface area contributed by atoms with Crippen LogP contribution in [-0.4, -0.2) is 9.78 Å². The number of hydrogen-bond donors (Lipinski definition) is 0. The van der Waals surface area contributed by atoms with Crippen LogP contribution < -0.4 is 5.56 Å². The zero-order chi connectivity index (χ0) is 12.1. The second-order valence-electron chi connectivity index (χ2n) is 4.00. The van der Waals surface area contributed by atoms with Gasteiger partial charge < -0.3 is 0 Å². The van der Waals surface area contributed by atoms with E-state index in [9.17, 15) is 4.79 Å².